The van der Waals surface area contributed by atoms with Crippen molar-refractivity contribution >= 4 is 17.7 Å². The fourth-order valence-corrected chi connectivity index (χ4v) is 5.56. The van der Waals surface area contributed by atoms with Crippen molar-refractivity contribution in [2.24, 2.45) is 10.8 Å². The number of ketones is 1. The minimum Gasteiger partial charge on any atom is -0.465 e. The van der Waals surface area contributed by atoms with Crippen LogP contribution in [0.2, 0.25) is 0 Å². The van der Waals surface area contributed by atoms with Crippen LogP contribution in [-0.4, -0.2) is 77.3 Å². The van der Waals surface area contributed by atoms with E-state index in [0.29, 0.717) is 5.57 Å². The molecular formula is C19H24O9. The molecule has 4 aliphatic rings. The summed E-state index contributed by atoms with van der Waals surface area (Å²) in [6.45, 7) is 5.52. The SMILES string of the molecule is CC(=O)OC[C@]12[C@H](O)C(=O)C(C)=C[C@H]1O[C@@H]1[C@H](O)[C@@H](OC(C)=O)C2(C)C12CO2. The molecule has 0 radical (unpaired) electrons. The molecule has 9 nitrogen and oxygen atoms in total. The van der Waals surface area contributed by atoms with Crippen molar-refractivity contribution in [3.63, 3.8) is 0 Å². The number of rotatable bonds is 3. The maximum Gasteiger partial charge on any atom is 0.303 e. The molecule has 0 aromatic heterocycles. The zero-order chi connectivity index (χ0) is 20.6. The lowest BCUT2D eigenvalue weighted by Gasteiger charge is -2.58. The molecule has 2 N–H and O–H groups in total. The number of fused-ring (bicyclic) bond motifs is 2. The Morgan fingerprint density at radius 2 is 1.93 bits per heavy atom. The van der Waals surface area contributed by atoms with Crippen LogP contribution >= 0.6 is 0 Å². The summed E-state index contributed by atoms with van der Waals surface area (Å²) >= 11 is 0. The van der Waals surface area contributed by atoms with Crippen LogP contribution in [0.3, 0.4) is 0 Å². The predicted molar refractivity (Wildman–Crippen MR) is 90.8 cm³/mol. The van der Waals surface area contributed by atoms with Gasteiger partial charge in [-0.3, -0.25) is 14.4 Å². The van der Waals surface area contributed by atoms with Gasteiger partial charge < -0.3 is 29.2 Å². The molecule has 1 saturated carbocycles. The maximum atomic E-state index is 12.8. The van der Waals surface area contributed by atoms with Gasteiger partial charge in [0.2, 0.25) is 0 Å². The van der Waals surface area contributed by atoms with Crippen molar-refractivity contribution in [2.75, 3.05) is 13.2 Å². The normalized spacial score (nSPS) is 48.7. The smallest absolute Gasteiger partial charge is 0.303 e. The van der Waals surface area contributed by atoms with Gasteiger partial charge in [-0.1, -0.05) is 6.92 Å². The first kappa shape index (κ1) is 19.5. The fourth-order valence-electron chi connectivity index (χ4n) is 5.56. The van der Waals surface area contributed by atoms with E-state index in [-0.39, 0.29) is 13.2 Å². The second-order valence-corrected chi connectivity index (χ2v) is 8.32. The second-order valence-electron chi connectivity index (χ2n) is 8.32. The van der Waals surface area contributed by atoms with E-state index in [4.69, 9.17) is 18.9 Å². The first-order valence-electron chi connectivity index (χ1n) is 9.21. The number of aliphatic hydroxyl groups excluding tert-OH is 2. The number of carbonyl (C=O) groups excluding carboxylic acids is 3. The van der Waals surface area contributed by atoms with Crippen molar-refractivity contribution < 1.29 is 43.5 Å². The van der Waals surface area contributed by atoms with Crippen LogP contribution in [-0.2, 0) is 33.3 Å². The van der Waals surface area contributed by atoms with Gasteiger partial charge in [-0.15, -0.1) is 0 Å². The Morgan fingerprint density at radius 3 is 2.46 bits per heavy atom. The summed E-state index contributed by atoms with van der Waals surface area (Å²) in [5, 5.41) is 22.1. The minimum atomic E-state index is -1.60. The quantitative estimate of drug-likeness (QED) is 0.468. The Labute approximate surface area is 161 Å². The lowest BCUT2D eigenvalue weighted by molar-refractivity contribution is -0.257. The lowest BCUT2D eigenvalue weighted by atomic mass is 9.50. The van der Waals surface area contributed by atoms with Crippen LogP contribution < -0.4 is 0 Å². The summed E-state index contributed by atoms with van der Waals surface area (Å²) in [6, 6.07) is 0. The highest BCUT2D eigenvalue weighted by Crippen LogP contribution is 2.71. The van der Waals surface area contributed by atoms with Crippen LogP contribution in [0.25, 0.3) is 0 Å². The minimum absolute atomic E-state index is 0.196. The molecule has 0 aromatic carbocycles. The third-order valence-electron chi connectivity index (χ3n) is 7.08. The van der Waals surface area contributed by atoms with Gasteiger partial charge >= 0.3 is 11.9 Å². The highest BCUT2D eigenvalue weighted by molar-refractivity contribution is 6.00. The molecule has 2 heterocycles. The number of Topliss-reactive ketones (excluding diaryl/α,β-unsaturated/α-hetero) is 1. The third kappa shape index (κ3) is 2.07. The molecule has 0 aromatic rings. The summed E-state index contributed by atoms with van der Waals surface area (Å²) < 4.78 is 22.6. The molecule has 2 aliphatic carbocycles. The molecule has 0 amide bonds. The second kappa shape index (κ2) is 5.85. The van der Waals surface area contributed by atoms with E-state index in [1.54, 1.807) is 19.9 Å². The topological polar surface area (TPSA) is 132 Å². The van der Waals surface area contributed by atoms with Crippen molar-refractivity contribution in [3.05, 3.63) is 11.6 Å². The Bertz CT molecular complexity index is 784. The zero-order valence-electron chi connectivity index (χ0n) is 16.1. The number of hydrogen-bond donors (Lipinski definition) is 2. The van der Waals surface area contributed by atoms with Gasteiger partial charge in [-0.2, -0.15) is 0 Å². The molecule has 4 rings (SSSR count). The van der Waals surface area contributed by atoms with Crippen LogP contribution in [0.5, 0.6) is 0 Å². The Morgan fingerprint density at radius 1 is 1.29 bits per heavy atom. The molecule has 9 heteroatoms. The van der Waals surface area contributed by atoms with Crippen molar-refractivity contribution in [2.45, 2.75) is 63.8 Å². The highest BCUT2D eigenvalue weighted by Gasteiger charge is 2.87. The summed E-state index contributed by atoms with van der Waals surface area (Å²) in [7, 11) is 0. The van der Waals surface area contributed by atoms with E-state index in [0.717, 1.165) is 0 Å². The molecule has 2 unspecified atom stereocenters. The van der Waals surface area contributed by atoms with Gasteiger partial charge in [-0.05, 0) is 18.6 Å². The monoisotopic (exact) mass is 396 g/mol. The number of esters is 2. The van der Waals surface area contributed by atoms with Gasteiger partial charge in [0.15, 0.2) is 5.78 Å². The number of carbonyl (C=O) groups is 3. The van der Waals surface area contributed by atoms with E-state index in [1.165, 1.54) is 13.8 Å². The van der Waals surface area contributed by atoms with Crippen LogP contribution in [0.15, 0.2) is 11.6 Å². The van der Waals surface area contributed by atoms with Crippen LogP contribution in [0, 0.1) is 10.8 Å². The van der Waals surface area contributed by atoms with E-state index >= 15 is 0 Å². The van der Waals surface area contributed by atoms with Crippen molar-refractivity contribution in [1.82, 2.24) is 0 Å². The van der Waals surface area contributed by atoms with E-state index in [2.05, 4.69) is 0 Å². The highest BCUT2D eigenvalue weighted by atomic mass is 16.7. The molecule has 2 saturated heterocycles. The molecule has 1 spiro atoms. The molecule has 3 fully saturated rings. The molecule has 8 atom stereocenters. The molecule has 2 bridgehead atoms. The Kier molecular flexibility index (Phi) is 4.08. The van der Waals surface area contributed by atoms with Gasteiger partial charge in [0.1, 0.15) is 36.6 Å². The molecule has 2 aliphatic heterocycles. The Hall–Kier alpha value is -1.81. The number of hydrogen-bond acceptors (Lipinski definition) is 9. The molecule has 28 heavy (non-hydrogen) atoms. The molecule has 154 valence electrons. The fraction of sp³-hybridized carbons (Fsp3) is 0.737. The lowest BCUT2D eigenvalue weighted by Crippen LogP contribution is -2.72. The number of epoxide rings is 1. The van der Waals surface area contributed by atoms with Gasteiger partial charge in [0.05, 0.1) is 23.5 Å². The van der Waals surface area contributed by atoms with E-state index in [1.807, 2.05) is 0 Å². The third-order valence-corrected chi connectivity index (χ3v) is 7.08. The summed E-state index contributed by atoms with van der Waals surface area (Å²) in [5.74, 6) is -1.76. The first-order chi connectivity index (χ1) is 13.0. The van der Waals surface area contributed by atoms with Crippen LogP contribution in [0.4, 0.5) is 0 Å². The zero-order valence-corrected chi connectivity index (χ0v) is 16.1. The summed E-state index contributed by atoms with van der Waals surface area (Å²) in [4.78, 5) is 36.2. The average Bonchev–Trinajstić information content (AvgIpc) is 3.39. The number of ether oxygens (including phenoxy) is 4. The molecular weight excluding hydrogens is 372 g/mol. The standard InChI is InChI=1S/C19H24O9/c1-8-5-11-18(6-25-9(2)20,14(24)12(8)22)17(4)15(27-10(3)21)13(23)16(28-11)19(17)7-26-19/h5,11,13-16,23-24H,6-7H2,1-4H3/t11-,13-,14-,15-,16-,17?,18-,19?/m1/s1. The van der Waals surface area contributed by atoms with Gasteiger partial charge in [0, 0.05) is 13.8 Å². The van der Waals surface area contributed by atoms with E-state index in [9.17, 15) is 24.6 Å². The van der Waals surface area contributed by atoms with Crippen LogP contribution in [0.1, 0.15) is 27.7 Å². The van der Waals surface area contributed by atoms with Gasteiger partial charge in [0.25, 0.3) is 0 Å². The van der Waals surface area contributed by atoms with E-state index < -0.39 is 64.7 Å². The summed E-state index contributed by atoms with van der Waals surface area (Å²) in [5.41, 5.74) is -3.51. The summed E-state index contributed by atoms with van der Waals surface area (Å²) in [6.07, 6.45) is -4.04. The van der Waals surface area contributed by atoms with Gasteiger partial charge in [-0.25, -0.2) is 0 Å². The number of aliphatic hydroxyl groups is 2. The first-order valence-corrected chi connectivity index (χ1v) is 9.21. The maximum absolute atomic E-state index is 12.8. The average molecular weight is 396 g/mol. The Balaban J connectivity index is 1.94. The predicted octanol–water partition coefficient (Wildman–Crippen LogP) is -0.725. The van der Waals surface area contributed by atoms with Crippen molar-refractivity contribution in [3.8, 4) is 0 Å². The largest absolute Gasteiger partial charge is 0.465 e. The van der Waals surface area contributed by atoms with Crippen molar-refractivity contribution in [1.29, 1.82) is 0 Å².